The monoisotopic (exact) mass is 553 g/mol. The summed E-state index contributed by atoms with van der Waals surface area (Å²) >= 11 is 0. The predicted octanol–water partition coefficient (Wildman–Crippen LogP) is 5.28. The number of hydrogen-bond donors (Lipinski definition) is 2. The van der Waals surface area contributed by atoms with Crippen LogP contribution in [0.1, 0.15) is 22.3 Å². The fraction of sp³-hybridized carbons (Fsp3) is 0.314. The summed E-state index contributed by atoms with van der Waals surface area (Å²) in [5.74, 6) is -0.324. The van der Waals surface area contributed by atoms with Gasteiger partial charge in [0.15, 0.2) is 0 Å². The molecule has 5 rings (SSSR count). The Hall–Kier alpha value is -3.36. The molecule has 1 fully saturated rings. The smallest absolute Gasteiger partial charge is 0.114 e. The van der Waals surface area contributed by atoms with E-state index in [1.54, 1.807) is 0 Å². The van der Waals surface area contributed by atoms with E-state index in [-0.39, 0.29) is 5.92 Å². The Labute approximate surface area is 242 Å². The predicted molar refractivity (Wildman–Crippen MR) is 159 cm³/mol. The molecule has 0 saturated heterocycles. The van der Waals surface area contributed by atoms with Gasteiger partial charge in [-0.05, 0) is 22.3 Å². The van der Waals surface area contributed by atoms with E-state index in [1.807, 2.05) is 121 Å². The molecule has 1 aliphatic rings. The first-order valence-electron chi connectivity index (χ1n) is 14.2. The van der Waals surface area contributed by atoms with Crippen LogP contribution in [-0.4, -0.2) is 42.2 Å². The van der Waals surface area contributed by atoms with Crippen molar-refractivity contribution in [2.75, 3.05) is 6.61 Å². The number of aliphatic hydroxyl groups excluding tert-OH is 1. The maximum atomic E-state index is 11.5. The van der Waals surface area contributed by atoms with Crippen LogP contribution in [0.4, 0.5) is 0 Å². The third kappa shape index (κ3) is 8.11. The van der Waals surface area contributed by atoms with E-state index in [0.717, 1.165) is 22.3 Å². The average Bonchev–Trinajstić information content (AvgIpc) is 3.03. The fourth-order valence-corrected chi connectivity index (χ4v) is 5.31. The number of aliphatic hydroxyl groups is 1. The van der Waals surface area contributed by atoms with E-state index in [0.29, 0.717) is 33.0 Å². The highest BCUT2D eigenvalue weighted by Gasteiger charge is 2.51. The minimum atomic E-state index is -0.971. The Morgan fingerprint density at radius 2 is 0.854 bits per heavy atom. The minimum absolute atomic E-state index is 0.309. The van der Waals surface area contributed by atoms with Gasteiger partial charge in [0.25, 0.3) is 0 Å². The Morgan fingerprint density at radius 3 is 1.29 bits per heavy atom. The third-order valence-electron chi connectivity index (χ3n) is 7.57. The van der Waals surface area contributed by atoms with Gasteiger partial charge >= 0.3 is 0 Å². The SMILES string of the molecule is N[C@@H]1[C@H](O)[C@H](OCc2ccccc2)[C@@H](OCc2ccccc2)[C@H](OCc2ccccc2)[C@H]1COCc1ccccc1. The Bertz CT molecular complexity index is 1280. The molecule has 0 unspecified atom stereocenters. The van der Waals surface area contributed by atoms with Crippen molar-refractivity contribution in [2.24, 2.45) is 11.7 Å². The van der Waals surface area contributed by atoms with Gasteiger partial charge in [-0.25, -0.2) is 0 Å². The van der Waals surface area contributed by atoms with Crippen molar-refractivity contribution in [1.82, 2.24) is 0 Å². The van der Waals surface area contributed by atoms with Gasteiger partial charge in [0, 0.05) is 12.0 Å². The zero-order valence-electron chi connectivity index (χ0n) is 23.2. The highest BCUT2D eigenvalue weighted by atomic mass is 16.6. The molecule has 0 aliphatic heterocycles. The molecule has 0 aromatic heterocycles. The van der Waals surface area contributed by atoms with Gasteiger partial charge in [0.1, 0.15) is 12.2 Å². The fourth-order valence-electron chi connectivity index (χ4n) is 5.31. The second-order valence-electron chi connectivity index (χ2n) is 10.5. The summed E-state index contributed by atoms with van der Waals surface area (Å²) in [5.41, 5.74) is 10.9. The molecule has 0 amide bonds. The van der Waals surface area contributed by atoms with Crippen LogP contribution in [0, 0.1) is 5.92 Å². The number of benzene rings is 4. The van der Waals surface area contributed by atoms with E-state index in [1.165, 1.54) is 0 Å². The summed E-state index contributed by atoms with van der Waals surface area (Å²) in [6, 6.07) is 39.3. The van der Waals surface area contributed by atoms with Crippen LogP contribution >= 0.6 is 0 Å². The average molecular weight is 554 g/mol. The minimum Gasteiger partial charge on any atom is -0.389 e. The molecule has 6 atom stereocenters. The molecule has 1 aliphatic carbocycles. The molecule has 0 bridgehead atoms. The van der Waals surface area contributed by atoms with Crippen molar-refractivity contribution in [3.05, 3.63) is 144 Å². The maximum absolute atomic E-state index is 11.5. The molecule has 0 radical (unpaired) electrons. The lowest BCUT2D eigenvalue weighted by atomic mass is 9.77. The van der Waals surface area contributed by atoms with Crippen molar-refractivity contribution < 1.29 is 24.1 Å². The van der Waals surface area contributed by atoms with Crippen molar-refractivity contribution in [2.45, 2.75) is 56.9 Å². The van der Waals surface area contributed by atoms with Crippen molar-refractivity contribution in [1.29, 1.82) is 0 Å². The lowest BCUT2D eigenvalue weighted by Gasteiger charge is -2.48. The highest BCUT2D eigenvalue weighted by Crippen LogP contribution is 2.34. The molecule has 0 heterocycles. The van der Waals surface area contributed by atoms with E-state index >= 15 is 0 Å². The summed E-state index contributed by atoms with van der Waals surface area (Å²) < 4.78 is 25.7. The largest absolute Gasteiger partial charge is 0.389 e. The Morgan fingerprint density at radius 1 is 0.488 bits per heavy atom. The molecule has 6 nitrogen and oxygen atoms in total. The zero-order valence-corrected chi connectivity index (χ0v) is 23.2. The summed E-state index contributed by atoms with van der Waals surface area (Å²) in [7, 11) is 0. The molecule has 41 heavy (non-hydrogen) atoms. The number of rotatable bonds is 13. The van der Waals surface area contributed by atoms with E-state index in [2.05, 4.69) is 0 Å². The van der Waals surface area contributed by atoms with Crippen LogP contribution in [0.25, 0.3) is 0 Å². The van der Waals surface area contributed by atoms with Crippen LogP contribution in [0.5, 0.6) is 0 Å². The molecule has 4 aromatic rings. The summed E-state index contributed by atoms with van der Waals surface area (Å²) in [4.78, 5) is 0. The van der Waals surface area contributed by atoms with E-state index < -0.39 is 30.5 Å². The Balaban J connectivity index is 1.39. The first-order valence-corrected chi connectivity index (χ1v) is 14.2. The van der Waals surface area contributed by atoms with Gasteiger partial charge in [-0.15, -0.1) is 0 Å². The second-order valence-corrected chi connectivity index (χ2v) is 10.5. The maximum Gasteiger partial charge on any atom is 0.114 e. The van der Waals surface area contributed by atoms with Gasteiger partial charge in [-0.1, -0.05) is 121 Å². The van der Waals surface area contributed by atoms with Crippen LogP contribution in [-0.2, 0) is 45.4 Å². The molecule has 0 spiro atoms. The lowest BCUT2D eigenvalue weighted by molar-refractivity contribution is -0.230. The molecule has 214 valence electrons. The lowest BCUT2D eigenvalue weighted by Crippen LogP contribution is -2.66. The first kappa shape index (κ1) is 29.1. The molecule has 3 N–H and O–H groups in total. The second kappa shape index (κ2) is 15.0. The Kier molecular flexibility index (Phi) is 10.7. The zero-order chi connectivity index (χ0) is 28.3. The van der Waals surface area contributed by atoms with Crippen molar-refractivity contribution in [3.8, 4) is 0 Å². The van der Waals surface area contributed by atoms with Crippen LogP contribution in [0.2, 0.25) is 0 Å². The molecule has 1 saturated carbocycles. The van der Waals surface area contributed by atoms with E-state index in [4.69, 9.17) is 24.7 Å². The van der Waals surface area contributed by atoms with Gasteiger partial charge in [-0.3, -0.25) is 0 Å². The first-order chi connectivity index (χ1) is 20.2. The van der Waals surface area contributed by atoms with Crippen molar-refractivity contribution >= 4 is 0 Å². The standard InChI is InChI=1S/C35H39NO5/c36-31-30(25-38-21-26-13-5-1-6-14-26)33(39-22-27-15-7-2-8-16-27)35(41-24-29-19-11-4-12-20-29)34(32(31)37)40-23-28-17-9-3-10-18-28/h1-20,30-35,37H,21-25,36H2/t30-,31-,32-,33+,34-,35-/m0/s1. The summed E-state index contributed by atoms with van der Waals surface area (Å²) in [6.45, 7) is 1.79. The number of ether oxygens (including phenoxy) is 4. The van der Waals surface area contributed by atoms with Crippen LogP contribution in [0.15, 0.2) is 121 Å². The van der Waals surface area contributed by atoms with Gasteiger partial charge in [-0.2, -0.15) is 0 Å². The van der Waals surface area contributed by atoms with E-state index in [9.17, 15) is 5.11 Å². The third-order valence-corrected chi connectivity index (χ3v) is 7.57. The van der Waals surface area contributed by atoms with Crippen molar-refractivity contribution in [3.63, 3.8) is 0 Å². The summed E-state index contributed by atoms with van der Waals surface area (Å²) in [6.07, 6.45) is -2.72. The van der Waals surface area contributed by atoms with Crippen LogP contribution < -0.4 is 5.73 Å². The molecular formula is C35H39NO5. The highest BCUT2D eigenvalue weighted by molar-refractivity contribution is 5.17. The van der Waals surface area contributed by atoms with Gasteiger partial charge in [0.2, 0.25) is 0 Å². The molecule has 6 heteroatoms. The van der Waals surface area contributed by atoms with Gasteiger partial charge in [0.05, 0.1) is 45.2 Å². The number of hydrogen-bond acceptors (Lipinski definition) is 6. The molecule has 4 aromatic carbocycles. The molecular weight excluding hydrogens is 514 g/mol. The van der Waals surface area contributed by atoms with Gasteiger partial charge < -0.3 is 29.8 Å². The van der Waals surface area contributed by atoms with Crippen LogP contribution in [0.3, 0.4) is 0 Å². The quantitative estimate of drug-likeness (QED) is 0.235. The topological polar surface area (TPSA) is 83.2 Å². The summed E-state index contributed by atoms with van der Waals surface area (Å²) in [5, 5.41) is 11.5. The normalized spacial score (nSPS) is 24.2. The number of nitrogens with two attached hydrogens (primary N) is 1.